The highest BCUT2D eigenvalue weighted by molar-refractivity contribution is 5.73. The molecule has 2 N–H and O–H groups in total. The molecule has 0 spiro atoms. The maximum atomic E-state index is 10.6. The first-order chi connectivity index (χ1) is 14.6. The van der Waals surface area contributed by atoms with Crippen molar-refractivity contribution >= 4 is 5.65 Å². The number of aromatic hydroxyl groups is 1. The lowest BCUT2D eigenvalue weighted by molar-refractivity contribution is 0.436. The van der Waals surface area contributed by atoms with Crippen LogP contribution in [0.15, 0.2) is 42.6 Å². The van der Waals surface area contributed by atoms with E-state index >= 15 is 0 Å². The normalized spacial score (nSPS) is 13.6. The first-order valence-corrected chi connectivity index (χ1v) is 10.3. The maximum Gasteiger partial charge on any atom is 0.156 e. The van der Waals surface area contributed by atoms with Crippen LogP contribution in [0.3, 0.4) is 0 Å². The Labute approximate surface area is 175 Å². The summed E-state index contributed by atoms with van der Waals surface area (Å²) in [5, 5.41) is 27.1. The van der Waals surface area contributed by atoms with E-state index in [1.54, 1.807) is 10.6 Å². The molecule has 30 heavy (non-hydrogen) atoms. The van der Waals surface area contributed by atoms with Crippen molar-refractivity contribution in [2.24, 2.45) is 0 Å². The molecule has 0 unspecified atom stereocenters. The SMILES string of the molecule is CC.Cc1cn2nc(-c3ccc(-c4ccc(C5CNC5)nn4)c(O)c3)cc(C)c2n1. The Morgan fingerprint density at radius 2 is 1.80 bits per heavy atom. The number of rotatable bonds is 3. The summed E-state index contributed by atoms with van der Waals surface area (Å²) >= 11 is 0. The van der Waals surface area contributed by atoms with Crippen molar-refractivity contribution in [3.63, 3.8) is 0 Å². The smallest absolute Gasteiger partial charge is 0.156 e. The number of phenolic OH excluding ortho intramolecular Hbond substituents is 1. The van der Waals surface area contributed by atoms with Gasteiger partial charge in [0.2, 0.25) is 0 Å². The van der Waals surface area contributed by atoms with Gasteiger partial charge < -0.3 is 10.4 Å². The molecule has 1 aromatic carbocycles. The molecule has 0 aliphatic carbocycles. The van der Waals surface area contributed by atoms with Crippen LogP contribution in [-0.4, -0.2) is 43.0 Å². The average Bonchev–Trinajstić information content (AvgIpc) is 3.10. The van der Waals surface area contributed by atoms with Crippen molar-refractivity contribution < 1.29 is 5.11 Å². The van der Waals surface area contributed by atoms with E-state index in [1.807, 2.05) is 64.2 Å². The third-order valence-electron chi connectivity index (χ3n) is 5.18. The van der Waals surface area contributed by atoms with Gasteiger partial charge in [0.15, 0.2) is 5.65 Å². The van der Waals surface area contributed by atoms with Gasteiger partial charge in [-0.1, -0.05) is 19.9 Å². The maximum absolute atomic E-state index is 10.6. The van der Waals surface area contributed by atoms with Crippen molar-refractivity contribution in [2.75, 3.05) is 13.1 Å². The predicted molar refractivity (Wildman–Crippen MR) is 118 cm³/mol. The fraction of sp³-hybridized carbons (Fsp3) is 0.304. The number of aromatic nitrogens is 5. The summed E-state index contributed by atoms with van der Waals surface area (Å²) in [5.74, 6) is 0.597. The number of aryl methyl sites for hydroxylation is 2. The molecule has 0 saturated carbocycles. The molecule has 1 aliphatic heterocycles. The van der Waals surface area contributed by atoms with Gasteiger partial charge in [-0.05, 0) is 49.7 Å². The second-order valence-electron chi connectivity index (χ2n) is 7.29. The number of imidazole rings is 1. The molecule has 1 aliphatic rings. The highest BCUT2D eigenvalue weighted by atomic mass is 16.3. The van der Waals surface area contributed by atoms with Crippen molar-refractivity contribution in [3.05, 3.63) is 59.5 Å². The van der Waals surface area contributed by atoms with Crippen LogP contribution in [0, 0.1) is 13.8 Å². The summed E-state index contributed by atoms with van der Waals surface area (Å²) in [4.78, 5) is 4.48. The molecule has 0 atom stereocenters. The number of hydrogen-bond donors (Lipinski definition) is 2. The molecule has 1 fully saturated rings. The van der Waals surface area contributed by atoms with Gasteiger partial charge in [0, 0.05) is 30.1 Å². The van der Waals surface area contributed by atoms with Gasteiger partial charge in [-0.25, -0.2) is 9.50 Å². The summed E-state index contributed by atoms with van der Waals surface area (Å²) in [6.45, 7) is 9.85. The predicted octanol–water partition coefficient (Wildman–Crippen LogP) is 3.89. The van der Waals surface area contributed by atoms with E-state index in [9.17, 15) is 5.11 Å². The zero-order valence-electron chi connectivity index (χ0n) is 17.7. The topological polar surface area (TPSA) is 88.2 Å². The molecule has 4 aromatic rings. The lowest BCUT2D eigenvalue weighted by Crippen LogP contribution is -2.40. The van der Waals surface area contributed by atoms with Crippen LogP contribution in [0.4, 0.5) is 0 Å². The average molecular weight is 403 g/mol. The van der Waals surface area contributed by atoms with Crippen LogP contribution in [0.5, 0.6) is 5.75 Å². The Hall–Kier alpha value is -3.32. The second kappa shape index (κ2) is 8.20. The zero-order valence-corrected chi connectivity index (χ0v) is 17.7. The van der Waals surface area contributed by atoms with Gasteiger partial charge in [-0.3, -0.25) is 0 Å². The summed E-state index contributed by atoms with van der Waals surface area (Å²) in [6, 6.07) is 11.4. The monoisotopic (exact) mass is 402 g/mol. The van der Waals surface area contributed by atoms with Crippen molar-refractivity contribution in [1.29, 1.82) is 0 Å². The molecule has 4 heterocycles. The molecule has 0 amide bonds. The first kappa shape index (κ1) is 20.0. The van der Waals surface area contributed by atoms with E-state index in [2.05, 4.69) is 25.6 Å². The Morgan fingerprint density at radius 3 is 2.43 bits per heavy atom. The van der Waals surface area contributed by atoms with Crippen LogP contribution >= 0.6 is 0 Å². The second-order valence-corrected chi connectivity index (χ2v) is 7.29. The van der Waals surface area contributed by atoms with Crippen molar-refractivity contribution in [3.8, 4) is 28.3 Å². The number of nitrogens with one attached hydrogen (secondary N) is 1. The number of hydrogen-bond acceptors (Lipinski definition) is 6. The minimum absolute atomic E-state index is 0.159. The van der Waals surface area contributed by atoms with Crippen molar-refractivity contribution in [2.45, 2.75) is 33.6 Å². The molecule has 7 heteroatoms. The van der Waals surface area contributed by atoms with Gasteiger partial charge >= 0.3 is 0 Å². The van der Waals surface area contributed by atoms with Crippen molar-refractivity contribution in [1.82, 2.24) is 30.1 Å². The standard InChI is InChI=1S/C21H20N6O.C2H6/c1-12-7-19(26-27-11-13(2)23-21(12)27)14-3-4-16(20(28)8-14)18-6-5-17(24-25-18)15-9-22-10-15;1-2/h3-8,11,15,22,28H,9-10H2,1-2H3;1-2H3. The van der Waals surface area contributed by atoms with E-state index in [0.717, 1.165) is 46.9 Å². The Kier molecular flexibility index (Phi) is 5.46. The fourth-order valence-electron chi connectivity index (χ4n) is 3.50. The minimum atomic E-state index is 0.159. The van der Waals surface area contributed by atoms with Gasteiger partial charge in [0.25, 0.3) is 0 Å². The Balaban J connectivity index is 0.00000106. The number of fused-ring (bicyclic) bond motifs is 1. The summed E-state index contributed by atoms with van der Waals surface area (Å²) in [7, 11) is 0. The van der Waals surface area contributed by atoms with Crippen LogP contribution in [0.25, 0.3) is 28.2 Å². The lowest BCUT2D eigenvalue weighted by Gasteiger charge is -2.25. The van der Waals surface area contributed by atoms with Crippen LogP contribution < -0.4 is 5.32 Å². The number of phenols is 1. The molecule has 0 bridgehead atoms. The van der Waals surface area contributed by atoms with Gasteiger partial charge in [-0.15, -0.1) is 0 Å². The van der Waals surface area contributed by atoms with Crippen LogP contribution in [-0.2, 0) is 0 Å². The van der Waals surface area contributed by atoms with E-state index in [0.29, 0.717) is 17.2 Å². The largest absolute Gasteiger partial charge is 0.507 e. The molecule has 3 aromatic heterocycles. The van der Waals surface area contributed by atoms with Gasteiger partial charge in [0.05, 0.1) is 29.0 Å². The highest BCUT2D eigenvalue weighted by Crippen LogP contribution is 2.32. The molecule has 7 nitrogen and oxygen atoms in total. The molecule has 0 radical (unpaired) electrons. The third-order valence-corrected chi connectivity index (χ3v) is 5.18. The molecular formula is C23H26N6O. The van der Waals surface area contributed by atoms with E-state index in [-0.39, 0.29) is 5.75 Å². The molecular weight excluding hydrogens is 376 g/mol. The number of nitrogens with zero attached hydrogens (tertiary/aromatic N) is 5. The first-order valence-electron chi connectivity index (χ1n) is 10.3. The molecule has 5 rings (SSSR count). The van der Waals surface area contributed by atoms with Gasteiger partial charge in [0.1, 0.15) is 5.75 Å². The summed E-state index contributed by atoms with van der Waals surface area (Å²) in [5.41, 5.74) is 6.72. The molecule has 154 valence electrons. The summed E-state index contributed by atoms with van der Waals surface area (Å²) < 4.78 is 1.78. The highest BCUT2D eigenvalue weighted by Gasteiger charge is 2.21. The van der Waals surface area contributed by atoms with Gasteiger partial charge in [-0.2, -0.15) is 15.3 Å². The van der Waals surface area contributed by atoms with E-state index in [1.165, 1.54) is 0 Å². The summed E-state index contributed by atoms with van der Waals surface area (Å²) in [6.07, 6.45) is 1.90. The third kappa shape index (κ3) is 3.64. The van der Waals surface area contributed by atoms with E-state index < -0.39 is 0 Å². The van der Waals surface area contributed by atoms with E-state index in [4.69, 9.17) is 0 Å². The number of benzene rings is 1. The lowest BCUT2D eigenvalue weighted by atomic mass is 9.98. The Morgan fingerprint density at radius 1 is 1.00 bits per heavy atom. The molecule has 1 saturated heterocycles. The van der Waals surface area contributed by atoms with Crippen LogP contribution in [0.2, 0.25) is 0 Å². The zero-order chi connectivity index (χ0) is 21.3. The fourth-order valence-corrected chi connectivity index (χ4v) is 3.50. The quantitative estimate of drug-likeness (QED) is 0.541. The minimum Gasteiger partial charge on any atom is -0.507 e. The van der Waals surface area contributed by atoms with Crippen LogP contribution in [0.1, 0.15) is 36.7 Å². The Bertz CT molecular complexity index is 1180.